The lowest BCUT2D eigenvalue weighted by molar-refractivity contribution is 0.352. The van der Waals surface area contributed by atoms with Crippen LogP contribution in [0.2, 0.25) is 0 Å². The molecule has 0 amide bonds. The predicted octanol–water partition coefficient (Wildman–Crippen LogP) is 6.01. The van der Waals surface area contributed by atoms with Gasteiger partial charge in [0.05, 0.1) is 11.4 Å². The van der Waals surface area contributed by atoms with Gasteiger partial charge in [-0.25, -0.2) is 0 Å². The van der Waals surface area contributed by atoms with Gasteiger partial charge in [-0.2, -0.15) is 10.2 Å². The number of benzene rings is 2. The smallest absolute Gasteiger partial charge is 0.119 e. The minimum Gasteiger partial charge on any atom is -0.489 e. The van der Waals surface area contributed by atoms with Crippen LogP contribution in [0.5, 0.6) is 11.5 Å². The Kier molecular flexibility index (Phi) is 6.32. The summed E-state index contributed by atoms with van der Waals surface area (Å²) < 4.78 is 11.1. The molecule has 0 atom stereocenters. The molecule has 124 valence electrons. The SMILES string of the molecule is C=C(C)COc1ccc(N=Nc2ccc(OCC(=C)C)cc2)cc1. The summed E-state index contributed by atoms with van der Waals surface area (Å²) in [5, 5.41) is 8.43. The molecule has 4 heteroatoms. The highest BCUT2D eigenvalue weighted by atomic mass is 16.5. The van der Waals surface area contributed by atoms with Crippen molar-refractivity contribution >= 4 is 11.4 Å². The number of nitrogens with zero attached hydrogens (tertiary/aromatic N) is 2. The Morgan fingerprint density at radius 2 is 1.04 bits per heavy atom. The monoisotopic (exact) mass is 322 g/mol. The van der Waals surface area contributed by atoms with E-state index in [2.05, 4.69) is 23.4 Å². The van der Waals surface area contributed by atoms with E-state index in [1.54, 1.807) is 0 Å². The first kappa shape index (κ1) is 17.5. The third-order valence-corrected chi connectivity index (χ3v) is 2.92. The van der Waals surface area contributed by atoms with Crippen LogP contribution in [0.4, 0.5) is 11.4 Å². The third-order valence-electron chi connectivity index (χ3n) is 2.92. The Morgan fingerprint density at radius 3 is 1.33 bits per heavy atom. The van der Waals surface area contributed by atoms with E-state index >= 15 is 0 Å². The van der Waals surface area contributed by atoms with Crippen molar-refractivity contribution in [3.63, 3.8) is 0 Å². The molecular weight excluding hydrogens is 300 g/mol. The van der Waals surface area contributed by atoms with Crippen molar-refractivity contribution in [2.75, 3.05) is 13.2 Å². The molecule has 0 saturated heterocycles. The summed E-state index contributed by atoms with van der Waals surface area (Å²) in [6.07, 6.45) is 0. The van der Waals surface area contributed by atoms with Crippen molar-refractivity contribution in [3.8, 4) is 11.5 Å². The van der Waals surface area contributed by atoms with E-state index in [0.29, 0.717) is 13.2 Å². The fourth-order valence-corrected chi connectivity index (χ4v) is 1.75. The lowest BCUT2D eigenvalue weighted by atomic mass is 10.3. The van der Waals surface area contributed by atoms with Gasteiger partial charge in [0.25, 0.3) is 0 Å². The second-order valence-corrected chi connectivity index (χ2v) is 5.68. The van der Waals surface area contributed by atoms with E-state index in [1.807, 2.05) is 62.4 Å². The summed E-state index contributed by atoms with van der Waals surface area (Å²) in [7, 11) is 0. The molecule has 24 heavy (non-hydrogen) atoms. The Bertz CT molecular complexity index is 653. The van der Waals surface area contributed by atoms with E-state index in [0.717, 1.165) is 34.0 Å². The van der Waals surface area contributed by atoms with Crippen molar-refractivity contribution in [2.24, 2.45) is 10.2 Å². The first-order valence-electron chi connectivity index (χ1n) is 7.69. The molecule has 0 bridgehead atoms. The molecule has 0 spiro atoms. The molecule has 0 aliphatic heterocycles. The molecule has 0 N–H and O–H groups in total. The van der Waals surface area contributed by atoms with Gasteiger partial charge in [-0.1, -0.05) is 13.2 Å². The van der Waals surface area contributed by atoms with Gasteiger partial charge >= 0.3 is 0 Å². The van der Waals surface area contributed by atoms with Gasteiger partial charge in [0.15, 0.2) is 0 Å². The van der Waals surface area contributed by atoms with Crippen LogP contribution in [-0.2, 0) is 0 Å². The van der Waals surface area contributed by atoms with Crippen molar-refractivity contribution < 1.29 is 9.47 Å². The van der Waals surface area contributed by atoms with Gasteiger partial charge in [0.2, 0.25) is 0 Å². The molecule has 0 aliphatic rings. The van der Waals surface area contributed by atoms with Crippen LogP contribution in [-0.4, -0.2) is 13.2 Å². The first-order chi connectivity index (χ1) is 11.5. The quantitative estimate of drug-likeness (QED) is 0.441. The molecule has 0 aliphatic carbocycles. The first-order valence-corrected chi connectivity index (χ1v) is 7.69. The molecule has 2 aromatic carbocycles. The van der Waals surface area contributed by atoms with Crippen LogP contribution in [0.15, 0.2) is 83.1 Å². The van der Waals surface area contributed by atoms with Crippen LogP contribution >= 0.6 is 0 Å². The van der Waals surface area contributed by atoms with Crippen LogP contribution in [0.1, 0.15) is 13.8 Å². The largest absolute Gasteiger partial charge is 0.489 e. The van der Waals surface area contributed by atoms with Crippen LogP contribution in [0.3, 0.4) is 0 Å². The fourth-order valence-electron chi connectivity index (χ4n) is 1.75. The van der Waals surface area contributed by atoms with Gasteiger partial charge in [-0.15, -0.1) is 0 Å². The molecule has 0 saturated carbocycles. The summed E-state index contributed by atoms with van der Waals surface area (Å²) in [5.41, 5.74) is 3.49. The van der Waals surface area contributed by atoms with E-state index in [-0.39, 0.29) is 0 Å². The topological polar surface area (TPSA) is 43.2 Å². The summed E-state index contributed by atoms with van der Waals surface area (Å²) in [6.45, 7) is 12.5. The highest BCUT2D eigenvalue weighted by molar-refractivity contribution is 5.44. The molecule has 0 fully saturated rings. The zero-order valence-corrected chi connectivity index (χ0v) is 14.2. The van der Waals surface area contributed by atoms with E-state index in [4.69, 9.17) is 9.47 Å². The molecule has 0 unspecified atom stereocenters. The van der Waals surface area contributed by atoms with Crippen LogP contribution < -0.4 is 9.47 Å². The lowest BCUT2D eigenvalue weighted by Crippen LogP contribution is -1.96. The molecule has 2 aromatic rings. The second-order valence-electron chi connectivity index (χ2n) is 5.68. The minimum atomic E-state index is 0.515. The number of azo groups is 1. The van der Waals surface area contributed by atoms with Crippen molar-refractivity contribution in [3.05, 3.63) is 72.8 Å². The number of hydrogen-bond donors (Lipinski definition) is 0. The molecule has 4 nitrogen and oxygen atoms in total. The highest BCUT2D eigenvalue weighted by Gasteiger charge is 1.97. The van der Waals surface area contributed by atoms with Crippen molar-refractivity contribution in [1.82, 2.24) is 0 Å². The zero-order chi connectivity index (χ0) is 17.4. The molecule has 0 radical (unpaired) electrons. The lowest BCUT2D eigenvalue weighted by Gasteiger charge is -2.05. The summed E-state index contributed by atoms with van der Waals surface area (Å²) in [5.74, 6) is 1.58. The van der Waals surface area contributed by atoms with Crippen LogP contribution in [0.25, 0.3) is 0 Å². The normalized spacial score (nSPS) is 10.6. The maximum atomic E-state index is 5.55. The number of ether oxygens (including phenoxy) is 2. The van der Waals surface area contributed by atoms with Gasteiger partial charge in [-0.05, 0) is 73.5 Å². The Morgan fingerprint density at radius 1 is 0.708 bits per heavy atom. The summed E-state index contributed by atoms with van der Waals surface area (Å²) >= 11 is 0. The third kappa shape index (κ3) is 6.08. The average molecular weight is 322 g/mol. The van der Waals surface area contributed by atoms with Crippen LogP contribution in [0, 0.1) is 0 Å². The summed E-state index contributed by atoms with van der Waals surface area (Å²) in [4.78, 5) is 0. The Hall–Kier alpha value is -2.88. The summed E-state index contributed by atoms with van der Waals surface area (Å²) in [6, 6.07) is 14.9. The maximum absolute atomic E-state index is 5.55. The molecular formula is C20H22N2O2. The number of hydrogen-bond acceptors (Lipinski definition) is 4. The van der Waals surface area contributed by atoms with Crippen molar-refractivity contribution in [2.45, 2.75) is 13.8 Å². The van der Waals surface area contributed by atoms with Gasteiger partial charge in [0.1, 0.15) is 24.7 Å². The van der Waals surface area contributed by atoms with Crippen molar-refractivity contribution in [1.29, 1.82) is 0 Å². The Labute approximate surface area is 143 Å². The van der Waals surface area contributed by atoms with Gasteiger partial charge < -0.3 is 9.47 Å². The zero-order valence-electron chi connectivity index (χ0n) is 14.2. The highest BCUT2D eigenvalue weighted by Crippen LogP contribution is 2.23. The molecule has 0 heterocycles. The second kappa shape index (κ2) is 8.67. The fraction of sp³-hybridized carbons (Fsp3) is 0.200. The maximum Gasteiger partial charge on any atom is 0.119 e. The molecule has 0 aromatic heterocycles. The van der Waals surface area contributed by atoms with E-state index in [9.17, 15) is 0 Å². The minimum absolute atomic E-state index is 0.515. The van der Waals surface area contributed by atoms with Gasteiger partial charge in [0, 0.05) is 0 Å². The van der Waals surface area contributed by atoms with Gasteiger partial charge in [-0.3, -0.25) is 0 Å². The standard InChI is InChI=1S/C20H22N2O2/c1-15(2)13-23-19-9-5-17(6-10-19)21-22-18-7-11-20(12-8-18)24-14-16(3)4/h5-12H,1,3,13-14H2,2,4H3. The molecule has 2 rings (SSSR count). The average Bonchev–Trinajstić information content (AvgIpc) is 2.58. The number of rotatable bonds is 8. The van der Waals surface area contributed by atoms with E-state index in [1.165, 1.54) is 0 Å². The van der Waals surface area contributed by atoms with E-state index < -0.39 is 0 Å². The predicted molar refractivity (Wildman–Crippen MR) is 97.7 cm³/mol. The Balaban J connectivity index is 1.92.